The molecule has 0 aliphatic carbocycles. The summed E-state index contributed by atoms with van der Waals surface area (Å²) in [6.07, 6.45) is 0.790. The van der Waals surface area contributed by atoms with Gasteiger partial charge in [-0.15, -0.1) is 33.3 Å². The number of aromatic amines is 1. The highest BCUT2D eigenvalue weighted by molar-refractivity contribution is 7.99. The molecular formula is C19H17N5O2S3. The van der Waals surface area contributed by atoms with Crippen molar-refractivity contribution in [2.45, 2.75) is 19.1 Å². The highest BCUT2D eigenvalue weighted by Crippen LogP contribution is 2.30. The van der Waals surface area contributed by atoms with Gasteiger partial charge >= 0.3 is 0 Å². The average molecular weight is 444 g/mol. The molecule has 0 fully saturated rings. The van der Waals surface area contributed by atoms with E-state index < -0.39 is 0 Å². The van der Waals surface area contributed by atoms with Crippen molar-refractivity contribution in [3.8, 4) is 11.1 Å². The van der Waals surface area contributed by atoms with Crippen molar-refractivity contribution in [3.05, 3.63) is 56.9 Å². The number of amides is 1. The van der Waals surface area contributed by atoms with Gasteiger partial charge in [0.1, 0.15) is 15.7 Å². The summed E-state index contributed by atoms with van der Waals surface area (Å²) in [6, 6.07) is 9.79. The van der Waals surface area contributed by atoms with Crippen LogP contribution in [-0.4, -0.2) is 31.8 Å². The van der Waals surface area contributed by atoms with Crippen molar-refractivity contribution in [2.24, 2.45) is 0 Å². The Morgan fingerprint density at radius 3 is 2.83 bits per heavy atom. The van der Waals surface area contributed by atoms with Crippen molar-refractivity contribution >= 4 is 55.7 Å². The van der Waals surface area contributed by atoms with E-state index in [4.69, 9.17) is 0 Å². The summed E-state index contributed by atoms with van der Waals surface area (Å²) >= 11 is 4.21. The molecule has 1 amide bonds. The van der Waals surface area contributed by atoms with Crippen LogP contribution in [0.1, 0.15) is 17.8 Å². The number of carbonyl (C=O) groups excluding carboxylic acids is 1. The fourth-order valence-corrected chi connectivity index (χ4v) is 5.09. The number of H-pyrrole nitrogens is 1. The fraction of sp³-hybridized carbons (Fsp3) is 0.211. The molecule has 1 aromatic carbocycles. The minimum Gasteiger partial charge on any atom is -0.309 e. The molecule has 4 aromatic rings. The van der Waals surface area contributed by atoms with Gasteiger partial charge < -0.3 is 4.98 Å². The number of carbonyl (C=O) groups is 1. The molecule has 0 saturated heterocycles. The average Bonchev–Trinajstić information content (AvgIpc) is 3.35. The Hall–Kier alpha value is -2.56. The van der Waals surface area contributed by atoms with Gasteiger partial charge in [0.25, 0.3) is 5.56 Å². The second-order valence-corrected chi connectivity index (χ2v) is 9.01. The number of hydrogen-bond donors (Lipinski definition) is 2. The molecule has 0 spiro atoms. The van der Waals surface area contributed by atoms with Crippen LogP contribution in [0.25, 0.3) is 21.3 Å². The van der Waals surface area contributed by atoms with E-state index in [1.54, 1.807) is 0 Å². The zero-order valence-electron chi connectivity index (χ0n) is 15.5. The molecule has 0 atom stereocenters. The number of rotatable bonds is 7. The Morgan fingerprint density at radius 2 is 2.07 bits per heavy atom. The van der Waals surface area contributed by atoms with Crippen LogP contribution in [0.2, 0.25) is 0 Å². The van der Waals surface area contributed by atoms with Crippen LogP contribution in [0.4, 0.5) is 5.13 Å². The molecule has 3 heterocycles. The van der Waals surface area contributed by atoms with E-state index in [1.807, 2.05) is 42.6 Å². The minimum atomic E-state index is -0.156. The van der Waals surface area contributed by atoms with Crippen LogP contribution in [0.3, 0.4) is 0 Å². The number of benzene rings is 1. The Bertz CT molecular complexity index is 1200. The fourth-order valence-electron chi connectivity index (χ4n) is 2.73. The zero-order chi connectivity index (χ0) is 20.2. The van der Waals surface area contributed by atoms with Crippen molar-refractivity contribution < 1.29 is 4.79 Å². The normalized spacial score (nSPS) is 11.1. The second-order valence-electron chi connectivity index (χ2n) is 6.10. The van der Waals surface area contributed by atoms with E-state index in [0.29, 0.717) is 26.9 Å². The Morgan fingerprint density at radius 1 is 1.24 bits per heavy atom. The van der Waals surface area contributed by atoms with Gasteiger partial charge in [-0.1, -0.05) is 48.6 Å². The molecule has 0 aliphatic rings. The number of thiophene rings is 1. The molecular weight excluding hydrogens is 426 g/mol. The highest BCUT2D eigenvalue weighted by atomic mass is 32.2. The summed E-state index contributed by atoms with van der Waals surface area (Å²) in [6.45, 7) is 1.99. The number of aromatic nitrogens is 4. The van der Waals surface area contributed by atoms with E-state index in [2.05, 4.69) is 25.5 Å². The number of nitrogens with one attached hydrogen (secondary N) is 2. The van der Waals surface area contributed by atoms with E-state index in [9.17, 15) is 9.59 Å². The maximum absolute atomic E-state index is 12.6. The summed E-state index contributed by atoms with van der Waals surface area (Å²) in [4.78, 5) is 32.8. The second kappa shape index (κ2) is 8.85. The van der Waals surface area contributed by atoms with Gasteiger partial charge in [0.15, 0.2) is 0 Å². The third-order valence-corrected chi connectivity index (χ3v) is 6.86. The quantitative estimate of drug-likeness (QED) is 0.449. The molecule has 0 unspecified atom stereocenters. The standard InChI is InChI=1S/C19H17N5O2S3/c1-2-15-23-24-19(29-15)22-14(25)10-27-9-13-20-17(26)16-12(8-28-18(16)21-13)11-6-4-3-5-7-11/h3-8H,2,9-10H2,1H3,(H,20,21,26)(H,22,24,25). The lowest BCUT2D eigenvalue weighted by Gasteiger charge is -2.03. The number of nitrogens with zero attached hydrogens (tertiary/aromatic N) is 3. The molecule has 0 aliphatic heterocycles. The van der Waals surface area contributed by atoms with E-state index in [1.165, 1.54) is 34.4 Å². The van der Waals surface area contributed by atoms with Gasteiger partial charge in [0.2, 0.25) is 11.0 Å². The zero-order valence-corrected chi connectivity index (χ0v) is 17.9. The maximum atomic E-state index is 12.6. The van der Waals surface area contributed by atoms with Crippen LogP contribution >= 0.6 is 34.4 Å². The maximum Gasteiger partial charge on any atom is 0.260 e. The summed E-state index contributed by atoms with van der Waals surface area (Å²) in [5.41, 5.74) is 1.73. The first kappa shape index (κ1) is 19.7. The van der Waals surface area contributed by atoms with Gasteiger partial charge in [-0.2, -0.15) is 0 Å². The molecule has 0 saturated carbocycles. The number of aryl methyl sites for hydroxylation is 1. The topological polar surface area (TPSA) is 101 Å². The third-order valence-electron chi connectivity index (χ3n) is 4.07. The van der Waals surface area contributed by atoms with Crippen LogP contribution in [0, 0.1) is 0 Å². The summed E-state index contributed by atoms with van der Waals surface area (Å²) in [7, 11) is 0. The van der Waals surface area contributed by atoms with E-state index in [-0.39, 0.29) is 17.2 Å². The molecule has 0 bridgehead atoms. The molecule has 29 heavy (non-hydrogen) atoms. The Kier molecular flexibility index (Phi) is 6.02. The first-order valence-electron chi connectivity index (χ1n) is 8.90. The lowest BCUT2D eigenvalue weighted by atomic mass is 10.1. The van der Waals surface area contributed by atoms with Gasteiger partial charge in [-0.25, -0.2) is 4.98 Å². The molecule has 2 N–H and O–H groups in total. The third kappa shape index (κ3) is 4.55. The molecule has 4 rings (SSSR count). The Labute approximate surface area is 178 Å². The lowest BCUT2D eigenvalue weighted by Crippen LogP contribution is -2.15. The Balaban J connectivity index is 1.41. The predicted molar refractivity (Wildman–Crippen MR) is 120 cm³/mol. The van der Waals surface area contributed by atoms with Crippen LogP contribution in [-0.2, 0) is 17.0 Å². The molecule has 10 heteroatoms. The highest BCUT2D eigenvalue weighted by Gasteiger charge is 2.13. The first-order valence-corrected chi connectivity index (χ1v) is 11.7. The number of thioether (sulfide) groups is 1. The van der Waals surface area contributed by atoms with Crippen molar-refractivity contribution in [2.75, 3.05) is 11.1 Å². The van der Waals surface area contributed by atoms with E-state index >= 15 is 0 Å². The summed E-state index contributed by atoms with van der Waals surface area (Å²) < 4.78 is 0. The SMILES string of the molecule is CCc1nnc(NC(=O)CSCc2nc3scc(-c4ccccc4)c3c(=O)[nH]2)s1. The molecule has 3 aromatic heterocycles. The van der Waals surface area contributed by atoms with Crippen LogP contribution in [0.5, 0.6) is 0 Å². The monoisotopic (exact) mass is 443 g/mol. The lowest BCUT2D eigenvalue weighted by molar-refractivity contribution is -0.113. The van der Waals surface area contributed by atoms with Crippen molar-refractivity contribution in [1.29, 1.82) is 0 Å². The van der Waals surface area contributed by atoms with E-state index in [0.717, 1.165) is 22.6 Å². The van der Waals surface area contributed by atoms with Crippen LogP contribution in [0.15, 0.2) is 40.5 Å². The first-order chi connectivity index (χ1) is 14.1. The van der Waals surface area contributed by atoms with Gasteiger partial charge in [-0.05, 0) is 12.0 Å². The summed E-state index contributed by atoms with van der Waals surface area (Å²) in [5, 5.41) is 14.6. The largest absolute Gasteiger partial charge is 0.309 e. The van der Waals surface area contributed by atoms with Gasteiger partial charge in [0.05, 0.1) is 16.9 Å². The van der Waals surface area contributed by atoms with Crippen molar-refractivity contribution in [3.63, 3.8) is 0 Å². The number of fused-ring (bicyclic) bond motifs is 1. The molecule has 7 nitrogen and oxygen atoms in total. The minimum absolute atomic E-state index is 0.153. The summed E-state index contributed by atoms with van der Waals surface area (Å²) in [5.74, 6) is 1.08. The van der Waals surface area contributed by atoms with Gasteiger partial charge in [0, 0.05) is 10.9 Å². The van der Waals surface area contributed by atoms with Gasteiger partial charge in [-0.3, -0.25) is 14.9 Å². The number of anilines is 1. The molecule has 0 radical (unpaired) electrons. The molecule has 148 valence electrons. The number of hydrogen-bond acceptors (Lipinski definition) is 8. The predicted octanol–water partition coefficient (Wildman–Crippen LogP) is 3.94. The van der Waals surface area contributed by atoms with Crippen LogP contribution < -0.4 is 10.9 Å². The van der Waals surface area contributed by atoms with Crippen molar-refractivity contribution in [1.82, 2.24) is 20.2 Å². The smallest absolute Gasteiger partial charge is 0.260 e.